The summed E-state index contributed by atoms with van der Waals surface area (Å²) >= 11 is 6.21. The van der Waals surface area contributed by atoms with Gasteiger partial charge in [-0.05, 0) is 31.5 Å². The number of fused-ring (bicyclic) bond motifs is 1. The minimum absolute atomic E-state index is 0.292. The number of aromatic nitrogens is 3. The third-order valence-corrected chi connectivity index (χ3v) is 3.45. The summed E-state index contributed by atoms with van der Waals surface area (Å²) in [6.07, 6.45) is 3.32. The SMILES string of the molecule is Cc1cccc(F)c1-n1c(C(C)Cl)nc2cnccc21. The van der Waals surface area contributed by atoms with Crippen molar-refractivity contribution in [2.24, 2.45) is 0 Å². The van der Waals surface area contributed by atoms with Crippen molar-refractivity contribution in [3.8, 4) is 5.69 Å². The maximum atomic E-state index is 14.3. The van der Waals surface area contributed by atoms with E-state index in [-0.39, 0.29) is 11.2 Å². The number of halogens is 2. The Balaban J connectivity index is 2.43. The van der Waals surface area contributed by atoms with Crippen LogP contribution in [0.25, 0.3) is 16.7 Å². The normalized spacial score (nSPS) is 12.8. The summed E-state index contributed by atoms with van der Waals surface area (Å²) in [6.45, 7) is 3.69. The number of benzene rings is 1. The molecule has 102 valence electrons. The van der Waals surface area contributed by atoms with Crippen LogP contribution in [-0.4, -0.2) is 14.5 Å². The van der Waals surface area contributed by atoms with Crippen LogP contribution in [0.2, 0.25) is 0 Å². The molecular weight excluding hydrogens is 277 g/mol. The Kier molecular flexibility index (Phi) is 3.18. The highest BCUT2D eigenvalue weighted by Crippen LogP contribution is 2.30. The van der Waals surface area contributed by atoms with E-state index < -0.39 is 0 Å². The summed E-state index contributed by atoms with van der Waals surface area (Å²) in [4.78, 5) is 8.53. The van der Waals surface area contributed by atoms with Crippen LogP contribution in [-0.2, 0) is 0 Å². The molecule has 3 rings (SSSR count). The predicted octanol–water partition coefficient (Wildman–Crippen LogP) is 4.17. The van der Waals surface area contributed by atoms with Crippen molar-refractivity contribution < 1.29 is 4.39 Å². The Hall–Kier alpha value is -1.94. The molecule has 0 bridgehead atoms. The number of hydrogen-bond donors (Lipinski definition) is 0. The van der Waals surface area contributed by atoms with Crippen LogP contribution in [0.5, 0.6) is 0 Å². The Labute approximate surface area is 121 Å². The van der Waals surface area contributed by atoms with E-state index in [0.29, 0.717) is 17.0 Å². The highest BCUT2D eigenvalue weighted by molar-refractivity contribution is 6.20. The largest absolute Gasteiger partial charge is 0.292 e. The summed E-state index contributed by atoms with van der Waals surface area (Å²) in [5.74, 6) is 0.322. The molecule has 3 nitrogen and oxygen atoms in total. The first-order valence-corrected chi connectivity index (χ1v) is 6.75. The standard InChI is InChI=1S/C15H13ClFN3/c1-9-4-3-5-11(17)14(9)20-13-6-7-18-8-12(13)19-15(20)10(2)16/h3-8,10H,1-2H3. The lowest BCUT2D eigenvalue weighted by atomic mass is 10.2. The molecule has 1 aromatic carbocycles. The first-order valence-electron chi connectivity index (χ1n) is 6.31. The molecule has 0 aliphatic rings. The Morgan fingerprint density at radius 1 is 1.30 bits per heavy atom. The second-order valence-electron chi connectivity index (χ2n) is 4.69. The zero-order valence-corrected chi connectivity index (χ0v) is 11.9. The van der Waals surface area contributed by atoms with E-state index in [4.69, 9.17) is 11.6 Å². The number of pyridine rings is 1. The van der Waals surface area contributed by atoms with Gasteiger partial charge in [0.1, 0.15) is 17.2 Å². The lowest BCUT2D eigenvalue weighted by Crippen LogP contribution is -2.06. The first kappa shape index (κ1) is 13.1. The van der Waals surface area contributed by atoms with Crippen LogP contribution < -0.4 is 0 Å². The van der Waals surface area contributed by atoms with Gasteiger partial charge in [-0.2, -0.15) is 0 Å². The molecule has 0 fully saturated rings. The van der Waals surface area contributed by atoms with Gasteiger partial charge in [0, 0.05) is 6.20 Å². The highest BCUT2D eigenvalue weighted by Gasteiger charge is 2.19. The lowest BCUT2D eigenvalue weighted by Gasteiger charge is -2.14. The fourth-order valence-corrected chi connectivity index (χ4v) is 2.51. The molecule has 0 radical (unpaired) electrons. The molecular formula is C15H13ClFN3. The molecule has 20 heavy (non-hydrogen) atoms. The average Bonchev–Trinajstić information content (AvgIpc) is 2.78. The van der Waals surface area contributed by atoms with Crippen LogP contribution in [0.15, 0.2) is 36.7 Å². The number of alkyl halides is 1. The van der Waals surface area contributed by atoms with E-state index in [1.807, 2.05) is 26.0 Å². The number of para-hydroxylation sites is 1. The summed E-state index contributed by atoms with van der Waals surface area (Å²) < 4.78 is 16.1. The van der Waals surface area contributed by atoms with E-state index in [2.05, 4.69) is 9.97 Å². The Bertz CT molecular complexity index is 760. The number of hydrogen-bond acceptors (Lipinski definition) is 2. The second kappa shape index (κ2) is 4.87. The van der Waals surface area contributed by atoms with Crippen molar-refractivity contribution in [3.63, 3.8) is 0 Å². The van der Waals surface area contributed by atoms with E-state index in [1.54, 1.807) is 23.0 Å². The Morgan fingerprint density at radius 3 is 2.80 bits per heavy atom. The summed E-state index contributed by atoms with van der Waals surface area (Å²) in [7, 11) is 0. The van der Waals surface area contributed by atoms with Gasteiger partial charge in [-0.3, -0.25) is 9.55 Å². The molecule has 0 N–H and O–H groups in total. The van der Waals surface area contributed by atoms with Crippen LogP contribution in [0.1, 0.15) is 23.7 Å². The van der Waals surface area contributed by atoms with Crippen LogP contribution in [0.4, 0.5) is 4.39 Å². The molecule has 2 aromatic heterocycles. The van der Waals surface area contributed by atoms with Gasteiger partial charge in [-0.25, -0.2) is 9.37 Å². The molecule has 0 spiro atoms. The lowest BCUT2D eigenvalue weighted by molar-refractivity contribution is 0.615. The average molecular weight is 290 g/mol. The van der Waals surface area contributed by atoms with E-state index >= 15 is 0 Å². The highest BCUT2D eigenvalue weighted by atomic mass is 35.5. The molecule has 0 aliphatic heterocycles. The number of rotatable bonds is 2. The molecule has 2 heterocycles. The predicted molar refractivity (Wildman–Crippen MR) is 77.8 cm³/mol. The Morgan fingerprint density at radius 2 is 2.10 bits per heavy atom. The monoisotopic (exact) mass is 289 g/mol. The molecule has 0 saturated carbocycles. The molecule has 0 amide bonds. The smallest absolute Gasteiger partial charge is 0.147 e. The minimum atomic E-state index is -0.332. The summed E-state index contributed by atoms with van der Waals surface area (Å²) in [5.41, 5.74) is 2.83. The minimum Gasteiger partial charge on any atom is -0.292 e. The zero-order chi connectivity index (χ0) is 14.3. The van der Waals surface area contributed by atoms with Crippen LogP contribution >= 0.6 is 11.6 Å². The van der Waals surface area contributed by atoms with Gasteiger partial charge >= 0.3 is 0 Å². The first-order chi connectivity index (χ1) is 9.59. The van der Waals surface area contributed by atoms with Gasteiger partial charge in [-0.1, -0.05) is 12.1 Å². The van der Waals surface area contributed by atoms with Crippen molar-refractivity contribution in [2.75, 3.05) is 0 Å². The molecule has 0 saturated heterocycles. The zero-order valence-electron chi connectivity index (χ0n) is 11.1. The van der Waals surface area contributed by atoms with Crippen molar-refractivity contribution in [2.45, 2.75) is 19.2 Å². The number of imidazole rings is 1. The fourth-order valence-electron chi connectivity index (χ4n) is 2.36. The van der Waals surface area contributed by atoms with Crippen molar-refractivity contribution in [1.29, 1.82) is 0 Å². The topological polar surface area (TPSA) is 30.7 Å². The van der Waals surface area contributed by atoms with Gasteiger partial charge in [0.05, 0.1) is 22.8 Å². The van der Waals surface area contributed by atoms with Gasteiger partial charge in [0.2, 0.25) is 0 Å². The maximum Gasteiger partial charge on any atom is 0.147 e. The van der Waals surface area contributed by atoms with Gasteiger partial charge in [-0.15, -0.1) is 11.6 Å². The third-order valence-electron chi connectivity index (χ3n) is 3.25. The number of aryl methyl sites for hydroxylation is 1. The molecule has 0 aliphatic carbocycles. The van der Waals surface area contributed by atoms with Crippen molar-refractivity contribution in [3.05, 3.63) is 53.9 Å². The molecule has 1 unspecified atom stereocenters. The van der Waals surface area contributed by atoms with E-state index in [1.165, 1.54) is 6.07 Å². The third kappa shape index (κ3) is 1.96. The van der Waals surface area contributed by atoms with E-state index in [0.717, 1.165) is 11.1 Å². The fraction of sp³-hybridized carbons (Fsp3) is 0.200. The van der Waals surface area contributed by atoms with Crippen LogP contribution in [0, 0.1) is 12.7 Å². The summed E-state index contributed by atoms with van der Waals surface area (Å²) in [5, 5.41) is -0.332. The van der Waals surface area contributed by atoms with Crippen molar-refractivity contribution >= 4 is 22.6 Å². The van der Waals surface area contributed by atoms with Gasteiger partial charge in [0.15, 0.2) is 0 Å². The number of nitrogens with zero attached hydrogens (tertiary/aromatic N) is 3. The molecule has 3 aromatic rings. The van der Waals surface area contributed by atoms with Crippen molar-refractivity contribution in [1.82, 2.24) is 14.5 Å². The molecule has 5 heteroatoms. The quantitative estimate of drug-likeness (QED) is 0.663. The second-order valence-corrected chi connectivity index (χ2v) is 5.35. The van der Waals surface area contributed by atoms with Gasteiger partial charge < -0.3 is 0 Å². The van der Waals surface area contributed by atoms with Crippen LogP contribution in [0.3, 0.4) is 0 Å². The van der Waals surface area contributed by atoms with Gasteiger partial charge in [0.25, 0.3) is 0 Å². The van der Waals surface area contributed by atoms with E-state index in [9.17, 15) is 4.39 Å². The molecule has 1 atom stereocenters. The maximum absolute atomic E-state index is 14.3. The summed E-state index contributed by atoms with van der Waals surface area (Å²) in [6, 6.07) is 6.82.